The van der Waals surface area contributed by atoms with Crippen LogP contribution in [-0.2, 0) is 12.1 Å². The number of hydrogen-bond donors (Lipinski definition) is 1. The quantitative estimate of drug-likeness (QED) is 0.909. The number of rotatable bonds is 3. The fraction of sp³-hybridized carbons (Fsp3) is 0.588. The van der Waals surface area contributed by atoms with Crippen molar-refractivity contribution in [2.75, 3.05) is 0 Å². The molecule has 0 amide bonds. The molecule has 0 radical (unpaired) electrons. The number of nitrogens with zero attached hydrogens (tertiary/aromatic N) is 2. The van der Waals surface area contributed by atoms with Crippen LogP contribution in [0.2, 0.25) is 5.02 Å². The van der Waals surface area contributed by atoms with E-state index in [9.17, 15) is 0 Å². The molecule has 0 aliphatic heterocycles. The lowest BCUT2D eigenvalue weighted by Crippen LogP contribution is -2.42. The number of aromatic nitrogens is 2. The minimum absolute atomic E-state index is 0.285. The monoisotopic (exact) mass is 305 g/mol. The second-order valence-electron chi connectivity index (χ2n) is 6.56. The number of fused-ring (bicyclic) bond motifs is 1. The first-order valence-corrected chi connectivity index (χ1v) is 8.36. The van der Waals surface area contributed by atoms with E-state index < -0.39 is 0 Å². The van der Waals surface area contributed by atoms with Crippen LogP contribution in [0.1, 0.15) is 51.8 Å². The highest BCUT2D eigenvalue weighted by molar-refractivity contribution is 6.31. The zero-order chi connectivity index (χ0) is 15.0. The average Bonchev–Trinajstić information content (AvgIpc) is 2.81. The second-order valence-corrected chi connectivity index (χ2v) is 7.00. The van der Waals surface area contributed by atoms with Crippen molar-refractivity contribution < 1.29 is 0 Å². The van der Waals surface area contributed by atoms with E-state index in [4.69, 9.17) is 22.3 Å². The summed E-state index contributed by atoms with van der Waals surface area (Å²) in [6.07, 6.45) is 5.50. The van der Waals surface area contributed by atoms with Crippen molar-refractivity contribution in [3.63, 3.8) is 0 Å². The van der Waals surface area contributed by atoms with Gasteiger partial charge in [0.2, 0.25) is 0 Å². The number of benzene rings is 1. The summed E-state index contributed by atoms with van der Waals surface area (Å²) < 4.78 is 2.31. The first-order valence-electron chi connectivity index (χ1n) is 7.98. The summed E-state index contributed by atoms with van der Waals surface area (Å²) >= 11 is 6.12. The fourth-order valence-electron chi connectivity index (χ4n) is 3.43. The Labute approximate surface area is 131 Å². The van der Waals surface area contributed by atoms with Gasteiger partial charge in [-0.05, 0) is 56.2 Å². The third kappa shape index (κ3) is 2.69. The summed E-state index contributed by atoms with van der Waals surface area (Å²) in [6.45, 7) is 5.47. The molecule has 21 heavy (non-hydrogen) atoms. The van der Waals surface area contributed by atoms with Crippen LogP contribution in [0.15, 0.2) is 18.2 Å². The van der Waals surface area contributed by atoms with E-state index in [0.29, 0.717) is 0 Å². The van der Waals surface area contributed by atoms with Gasteiger partial charge in [-0.2, -0.15) is 0 Å². The van der Waals surface area contributed by atoms with Gasteiger partial charge in [-0.1, -0.05) is 25.4 Å². The molecule has 1 heterocycles. The van der Waals surface area contributed by atoms with E-state index in [-0.39, 0.29) is 5.54 Å². The van der Waals surface area contributed by atoms with Gasteiger partial charge in [0.25, 0.3) is 0 Å². The lowest BCUT2D eigenvalue weighted by Gasteiger charge is -2.35. The van der Waals surface area contributed by atoms with Gasteiger partial charge in [0, 0.05) is 11.6 Å². The molecule has 1 aromatic carbocycles. The summed E-state index contributed by atoms with van der Waals surface area (Å²) in [4.78, 5) is 4.87. The van der Waals surface area contributed by atoms with E-state index >= 15 is 0 Å². The van der Waals surface area contributed by atoms with Crippen molar-refractivity contribution >= 4 is 22.6 Å². The van der Waals surface area contributed by atoms with Crippen LogP contribution in [-0.4, -0.2) is 9.55 Å². The molecule has 1 fully saturated rings. The molecule has 0 spiro atoms. The molecule has 0 unspecified atom stereocenters. The van der Waals surface area contributed by atoms with Crippen molar-refractivity contribution in [2.24, 2.45) is 11.7 Å². The van der Waals surface area contributed by atoms with Crippen LogP contribution in [0.3, 0.4) is 0 Å². The summed E-state index contributed by atoms with van der Waals surface area (Å²) in [5.41, 5.74) is 8.59. The third-order valence-electron chi connectivity index (χ3n) is 4.77. The smallest absolute Gasteiger partial charge is 0.130 e. The van der Waals surface area contributed by atoms with Crippen LogP contribution >= 0.6 is 11.6 Å². The van der Waals surface area contributed by atoms with Gasteiger partial charge < -0.3 is 10.3 Å². The fourth-order valence-corrected chi connectivity index (χ4v) is 3.60. The predicted octanol–water partition coefficient (Wildman–Crippen LogP) is 4.46. The Kier molecular flexibility index (Phi) is 3.98. The maximum Gasteiger partial charge on any atom is 0.130 e. The molecule has 1 aliphatic rings. The predicted molar refractivity (Wildman–Crippen MR) is 88.5 cm³/mol. The molecule has 2 aromatic rings. The summed E-state index contributed by atoms with van der Waals surface area (Å²) in [6, 6.07) is 5.95. The summed E-state index contributed by atoms with van der Waals surface area (Å²) in [5.74, 6) is 1.83. The van der Waals surface area contributed by atoms with Crippen LogP contribution in [0.5, 0.6) is 0 Å². The Morgan fingerprint density at radius 2 is 2.10 bits per heavy atom. The van der Waals surface area contributed by atoms with Gasteiger partial charge in [0.15, 0.2) is 0 Å². The Morgan fingerprint density at radius 1 is 1.38 bits per heavy atom. The van der Waals surface area contributed by atoms with Crippen molar-refractivity contribution in [1.29, 1.82) is 0 Å². The first kappa shape index (κ1) is 14.9. The average molecular weight is 306 g/mol. The largest absolute Gasteiger partial charge is 0.326 e. The van der Waals surface area contributed by atoms with E-state index in [0.717, 1.165) is 53.6 Å². The van der Waals surface area contributed by atoms with Gasteiger partial charge in [-0.3, -0.25) is 0 Å². The first-order chi connectivity index (χ1) is 10.0. The molecular formula is C17H24ClN3. The Hall–Kier alpha value is -1.06. The zero-order valence-corrected chi connectivity index (χ0v) is 13.7. The zero-order valence-electron chi connectivity index (χ0n) is 12.9. The number of imidazole rings is 1. The van der Waals surface area contributed by atoms with Crippen molar-refractivity contribution in [2.45, 2.75) is 58.0 Å². The summed E-state index contributed by atoms with van der Waals surface area (Å²) in [7, 11) is 0. The molecule has 4 heteroatoms. The molecule has 1 aliphatic carbocycles. The molecule has 0 saturated heterocycles. The van der Waals surface area contributed by atoms with Crippen LogP contribution in [0.4, 0.5) is 0 Å². The van der Waals surface area contributed by atoms with E-state index in [1.54, 1.807) is 0 Å². The third-order valence-corrected chi connectivity index (χ3v) is 5.00. The van der Waals surface area contributed by atoms with Crippen LogP contribution < -0.4 is 5.73 Å². The minimum Gasteiger partial charge on any atom is -0.326 e. The maximum atomic E-state index is 6.76. The van der Waals surface area contributed by atoms with Crippen molar-refractivity contribution in [3.05, 3.63) is 29.0 Å². The number of aryl methyl sites for hydroxylation is 1. The molecule has 1 saturated carbocycles. The second kappa shape index (κ2) is 5.62. The topological polar surface area (TPSA) is 43.8 Å². The lowest BCUT2D eigenvalue weighted by atomic mass is 9.77. The van der Waals surface area contributed by atoms with Gasteiger partial charge in [-0.15, -0.1) is 0 Å². The molecule has 0 bridgehead atoms. The van der Waals surface area contributed by atoms with Crippen molar-refractivity contribution in [1.82, 2.24) is 9.55 Å². The van der Waals surface area contributed by atoms with Gasteiger partial charge >= 0.3 is 0 Å². The Balaban J connectivity index is 2.10. The Morgan fingerprint density at radius 3 is 2.76 bits per heavy atom. The number of halogens is 1. The van der Waals surface area contributed by atoms with Gasteiger partial charge in [0.1, 0.15) is 5.82 Å². The van der Waals surface area contributed by atoms with E-state index in [1.165, 1.54) is 12.8 Å². The SMILES string of the molecule is CCCn1c(C2(N)CCC(C)CC2)nc2cc(Cl)ccc21. The molecule has 2 N–H and O–H groups in total. The highest BCUT2D eigenvalue weighted by atomic mass is 35.5. The lowest BCUT2D eigenvalue weighted by molar-refractivity contribution is 0.231. The molecule has 114 valence electrons. The number of hydrogen-bond acceptors (Lipinski definition) is 2. The Bertz CT molecular complexity index is 639. The molecular weight excluding hydrogens is 282 g/mol. The minimum atomic E-state index is -0.285. The van der Waals surface area contributed by atoms with Gasteiger partial charge in [0.05, 0.1) is 16.6 Å². The van der Waals surface area contributed by atoms with Gasteiger partial charge in [-0.25, -0.2) is 4.98 Å². The van der Waals surface area contributed by atoms with Crippen LogP contribution in [0, 0.1) is 5.92 Å². The highest BCUT2D eigenvalue weighted by Crippen LogP contribution is 2.38. The summed E-state index contributed by atoms with van der Waals surface area (Å²) in [5, 5.41) is 0.735. The van der Waals surface area contributed by atoms with E-state index in [2.05, 4.69) is 24.5 Å². The molecule has 0 atom stereocenters. The highest BCUT2D eigenvalue weighted by Gasteiger charge is 2.36. The molecule has 3 nitrogen and oxygen atoms in total. The van der Waals surface area contributed by atoms with Crippen molar-refractivity contribution in [3.8, 4) is 0 Å². The normalized spacial score (nSPS) is 26.4. The van der Waals surface area contributed by atoms with Crippen LogP contribution in [0.25, 0.3) is 11.0 Å². The molecule has 3 rings (SSSR count). The standard InChI is InChI=1S/C17H24ClN3/c1-3-10-21-15-5-4-13(18)11-14(15)20-16(21)17(19)8-6-12(2)7-9-17/h4-5,11-12H,3,6-10,19H2,1-2H3. The molecule has 1 aromatic heterocycles. The van der Waals surface area contributed by atoms with E-state index in [1.807, 2.05) is 12.1 Å². The number of nitrogens with two attached hydrogens (primary N) is 1. The maximum absolute atomic E-state index is 6.76.